The Balaban J connectivity index is 1.80. The molecule has 4 nitrogen and oxygen atoms in total. The number of fused-ring (bicyclic) bond motifs is 1. The van der Waals surface area contributed by atoms with Gasteiger partial charge in [-0.3, -0.25) is 0 Å². The first-order valence-corrected chi connectivity index (χ1v) is 8.16. The minimum Gasteiger partial charge on any atom is -0.497 e. The van der Waals surface area contributed by atoms with E-state index in [0.29, 0.717) is 35.5 Å². The highest BCUT2D eigenvalue weighted by Crippen LogP contribution is 2.31. The predicted molar refractivity (Wildman–Crippen MR) is 89.2 cm³/mol. The summed E-state index contributed by atoms with van der Waals surface area (Å²) in [6.45, 7) is 5.08. The molecule has 2 aromatic rings. The average Bonchev–Trinajstić information content (AvgIpc) is 2.86. The minimum atomic E-state index is -0.168. The number of hydrogen-bond donors (Lipinski definition) is 1. The van der Waals surface area contributed by atoms with Crippen LogP contribution in [0.2, 0.25) is 0 Å². The second-order valence-electron chi connectivity index (χ2n) is 6.63. The van der Waals surface area contributed by atoms with Crippen LogP contribution in [0.5, 0.6) is 5.75 Å². The number of nitrogen functional groups attached to an aromatic ring is 1. The van der Waals surface area contributed by atoms with Crippen LogP contribution in [0.25, 0.3) is 0 Å². The number of nitrogens with two attached hydrogens (primary N) is 1. The summed E-state index contributed by atoms with van der Waals surface area (Å²) < 4.78 is 21.4. The molecular formula is C18H24FN3O. The van der Waals surface area contributed by atoms with Gasteiger partial charge in [-0.05, 0) is 54.9 Å². The van der Waals surface area contributed by atoms with E-state index in [4.69, 9.17) is 10.5 Å². The zero-order valence-corrected chi connectivity index (χ0v) is 14.0. The molecule has 2 heterocycles. The Kier molecular flexibility index (Phi) is 4.28. The Morgan fingerprint density at radius 1 is 1.43 bits per heavy atom. The fourth-order valence-electron chi connectivity index (χ4n) is 3.46. The van der Waals surface area contributed by atoms with Crippen LogP contribution in [0.3, 0.4) is 0 Å². The van der Waals surface area contributed by atoms with Gasteiger partial charge in [0.2, 0.25) is 5.95 Å². The second-order valence-corrected chi connectivity index (χ2v) is 6.63. The summed E-state index contributed by atoms with van der Waals surface area (Å²) >= 11 is 0. The molecule has 0 saturated heterocycles. The molecular weight excluding hydrogens is 293 g/mol. The lowest BCUT2D eigenvalue weighted by molar-refractivity contribution is 0.363. The van der Waals surface area contributed by atoms with E-state index in [1.54, 1.807) is 19.2 Å². The third kappa shape index (κ3) is 3.05. The fraction of sp³-hybridized carbons (Fsp3) is 0.500. The number of methoxy groups -OCH3 is 1. The van der Waals surface area contributed by atoms with Gasteiger partial charge in [0.1, 0.15) is 11.6 Å². The molecule has 0 spiro atoms. The number of ether oxygens (including phenoxy) is 1. The Morgan fingerprint density at radius 2 is 2.22 bits per heavy atom. The molecule has 1 aromatic heterocycles. The SMILES string of the molecule is COc1ccc(F)c(C[C@@H]2CCc3c(C(C)C)nc(N)n3C2)c1. The maximum absolute atomic E-state index is 14.0. The Labute approximate surface area is 136 Å². The van der Waals surface area contributed by atoms with Gasteiger partial charge in [-0.2, -0.15) is 0 Å². The van der Waals surface area contributed by atoms with Crippen LogP contribution in [0.15, 0.2) is 18.2 Å². The summed E-state index contributed by atoms with van der Waals surface area (Å²) in [5, 5.41) is 0. The Bertz CT molecular complexity index is 709. The maximum Gasteiger partial charge on any atom is 0.200 e. The lowest BCUT2D eigenvalue weighted by atomic mass is 9.89. The molecule has 1 atom stereocenters. The van der Waals surface area contributed by atoms with Crippen LogP contribution in [-0.2, 0) is 19.4 Å². The number of nitrogens with zero attached hydrogens (tertiary/aromatic N) is 2. The smallest absolute Gasteiger partial charge is 0.200 e. The number of anilines is 1. The molecule has 0 bridgehead atoms. The van der Waals surface area contributed by atoms with Crippen molar-refractivity contribution in [2.24, 2.45) is 5.92 Å². The van der Waals surface area contributed by atoms with E-state index < -0.39 is 0 Å². The van der Waals surface area contributed by atoms with Crippen molar-refractivity contribution in [3.63, 3.8) is 0 Å². The van der Waals surface area contributed by atoms with Crippen molar-refractivity contribution in [1.29, 1.82) is 0 Å². The summed E-state index contributed by atoms with van der Waals surface area (Å²) in [5.41, 5.74) is 9.15. The summed E-state index contributed by atoms with van der Waals surface area (Å²) in [4.78, 5) is 4.52. The van der Waals surface area contributed by atoms with Crippen LogP contribution in [0.4, 0.5) is 10.3 Å². The molecule has 1 aliphatic rings. The topological polar surface area (TPSA) is 53.1 Å². The van der Waals surface area contributed by atoms with E-state index >= 15 is 0 Å². The highest BCUT2D eigenvalue weighted by Gasteiger charge is 2.26. The quantitative estimate of drug-likeness (QED) is 0.938. The number of benzene rings is 1. The molecule has 3 rings (SSSR count). The van der Waals surface area contributed by atoms with Gasteiger partial charge in [0, 0.05) is 12.2 Å². The second kappa shape index (κ2) is 6.22. The number of rotatable bonds is 4. The third-order valence-electron chi connectivity index (χ3n) is 4.67. The Morgan fingerprint density at radius 3 is 2.91 bits per heavy atom. The predicted octanol–water partition coefficient (Wildman–Crippen LogP) is 3.54. The number of hydrogen-bond acceptors (Lipinski definition) is 3. The van der Waals surface area contributed by atoms with E-state index in [1.807, 2.05) is 0 Å². The molecule has 23 heavy (non-hydrogen) atoms. The van der Waals surface area contributed by atoms with Gasteiger partial charge < -0.3 is 15.0 Å². The van der Waals surface area contributed by atoms with Gasteiger partial charge in [0.15, 0.2) is 0 Å². The third-order valence-corrected chi connectivity index (χ3v) is 4.67. The van der Waals surface area contributed by atoms with E-state index in [0.717, 1.165) is 25.1 Å². The van der Waals surface area contributed by atoms with Crippen molar-refractivity contribution in [2.45, 2.75) is 45.6 Å². The summed E-state index contributed by atoms with van der Waals surface area (Å²) in [6.07, 6.45) is 2.67. The first kappa shape index (κ1) is 15.8. The lowest BCUT2D eigenvalue weighted by Gasteiger charge is -2.26. The molecule has 0 saturated carbocycles. The number of halogens is 1. The molecule has 0 unspecified atom stereocenters. The molecule has 2 N–H and O–H groups in total. The maximum atomic E-state index is 14.0. The van der Waals surface area contributed by atoms with Crippen molar-refractivity contribution >= 4 is 5.95 Å². The van der Waals surface area contributed by atoms with E-state index in [9.17, 15) is 4.39 Å². The van der Waals surface area contributed by atoms with E-state index in [-0.39, 0.29) is 5.82 Å². The molecule has 0 radical (unpaired) electrons. The monoisotopic (exact) mass is 317 g/mol. The highest BCUT2D eigenvalue weighted by molar-refractivity contribution is 5.33. The largest absolute Gasteiger partial charge is 0.497 e. The molecule has 0 aliphatic carbocycles. The van der Waals surface area contributed by atoms with Crippen LogP contribution in [-0.4, -0.2) is 16.7 Å². The van der Waals surface area contributed by atoms with Crippen LogP contribution in [0, 0.1) is 11.7 Å². The van der Waals surface area contributed by atoms with Gasteiger partial charge in [-0.15, -0.1) is 0 Å². The van der Waals surface area contributed by atoms with Gasteiger partial charge in [0.25, 0.3) is 0 Å². The molecule has 124 valence electrons. The molecule has 5 heteroatoms. The standard InChI is InChI=1S/C18H24FN3O/c1-11(2)17-16-7-4-12(10-22(16)18(20)21-17)8-13-9-14(23-3)5-6-15(13)19/h5-6,9,11-12H,4,7-8,10H2,1-3H3,(H2,20,21)/t12-/m0/s1. The van der Waals surface area contributed by atoms with Gasteiger partial charge in [-0.25, -0.2) is 9.37 Å². The lowest BCUT2D eigenvalue weighted by Crippen LogP contribution is -2.23. The van der Waals surface area contributed by atoms with Crippen LogP contribution < -0.4 is 10.5 Å². The highest BCUT2D eigenvalue weighted by atomic mass is 19.1. The van der Waals surface area contributed by atoms with Gasteiger partial charge >= 0.3 is 0 Å². The van der Waals surface area contributed by atoms with Crippen molar-refractivity contribution in [3.8, 4) is 5.75 Å². The number of aromatic nitrogens is 2. The summed E-state index contributed by atoms with van der Waals surface area (Å²) in [5.74, 6) is 1.85. The van der Waals surface area contributed by atoms with Gasteiger partial charge in [-0.1, -0.05) is 13.8 Å². The Hall–Kier alpha value is -2.04. The van der Waals surface area contributed by atoms with Crippen LogP contribution >= 0.6 is 0 Å². The van der Waals surface area contributed by atoms with Crippen molar-refractivity contribution in [1.82, 2.24) is 9.55 Å². The van der Waals surface area contributed by atoms with Crippen molar-refractivity contribution in [3.05, 3.63) is 41.0 Å². The molecule has 1 aliphatic heterocycles. The van der Waals surface area contributed by atoms with Gasteiger partial charge in [0.05, 0.1) is 12.8 Å². The first-order valence-electron chi connectivity index (χ1n) is 8.16. The summed E-state index contributed by atoms with van der Waals surface area (Å²) in [6, 6.07) is 4.92. The average molecular weight is 317 g/mol. The molecule has 0 amide bonds. The fourth-order valence-corrected chi connectivity index (χ4v) is 3.46. The molecule has 1 aromatic carbocycles. The summed E-state index contributed by atoms with van der Waals surface area (Å²) in [7, 11) is 1.60. The van der Waals surface area contributed by atoms with E-state index in [2.05, 4.69) is 23.4 Å². The minimum absolute atomic E-state index is 0.168. The van der Waals surface area contributed by atoms with Crippen molar-refractivity contribution in [2.75, 3.05) is 12.8 Å². The normalized spacial score (nSPS) is 17.3. The zero-order chi connectivity index (χ0) is 16.6. The van der Waals surface area contributed by atoms with E-state index in [1.165, 1.54) is 11.8 Å². The van der Waals surface area contributed by atoms with Crippen LogP contribution in [0.1, 0.15) is 43.1 Å². The number of imidazole rings is 1. The zero-order valence-electron chi connectivity index (χ0n) is 14.0. The molecule has 0 fully saturated rings. The van der Waals surface area contributed by atoms with Crippen molar-refractivity contribution < 1.29 is 9.13 Å². The first-order chi connectivity index (χ1) is 11.0.